The zero-order valence-electron chi connectivity index (χ0n) is 10.3. The van der Waals surface area contributed by atoms with E-state index in [1.165, 1.54) is 29.2 Å². The van der Waals surface area contributed by atoms with Crippen molar-refractivity contribution in [2.24, 2.45) is 0 Å². The molecule has 0 atom stereocenters. The van der Waals surface area contributed by atoms with Crippen LogP contribution in [0.2, 0.25) is 0 Å². The van der Waals surface area contributed by atoms with E-state index in [1.807, 2.05) is 0 Å². The van der Waals surface area contributed by atoms with Gasteiger partial charge in [0.25, 0.3) is 0 Å². The summed E-state index contributed by atoms with van der Waals surface area (Å²) < 4.78 is 25.8. The summed E-state index contributed by atoms with van der Waals surface area (Å²) in [4.78, 5) is 12.9. The summed E-state index contributed by atoms with van der Waals surface area (Å²) in [7, 11) is -2.13. The summed E-state index contributed by atoms with van der Waals surface area (Å²) in [6, 6.07) is 5.08. The number of nitrogens with one attached hydrogen (secondary N) is 1. The van der Waals surface area contributed by atoms with Gasteiger partial charge in [-0.15, -0.1) is 0 Å². The quantitative estimate of drug-likeness (QED) is 0.798. The average Bonchev–Trinajstić information content (AvgIpc) is 2.35. The summed E-state index contributed by atoms with van der Waals surface area (Å²) in [5, 5.41) is 9.07. The molecule has 0 spiro atoms. The lowest BCUT2D eigenvalue weighted by molar-refractivity contribution is -0.128. The van der Waals surface area contributed by atoms with Crippen LogP contribution in [-0.2, 0) is 14.8 Å². The Kier molecular flexibility index (Phi) is 4.69. The highest BCUT2D eigenvalue weighted by atomic mass is 32.2. The number of likely N-dealkylation sites (N-methyl/N-ethyl adjacent to an activating group) is 1. The third-order valence-corrected chi connectivity index (χ3v) is 3.88. The number of amides is 1. The van der Waals surface area contributed by atoms with E-state index >= 15 is 0 Å². The Morgan fingerprint density at radius 1 is 1.33 bits per heavy atom. The minimum absolute atomic E-state index is 0.00671. The number of benzene rings is 1. The monoisotopic (exact) mass is 272 g/mol. The van der Waals surface area contributed by atoms with Gasteiger partial charge in [0.2, 0.25) is 15.9 Å². The summed E-state index contributed by atoms with van der Waals surface area (Å²) >= 11 is 0. The van der Waals surface area contributed by atoms with Gasteiger partial charge in [-0.25, -0.2) is 13.1 Å². The number of hydrogen-bond donors (Lipinski definition) is 2. The molecule has 18 heavy (non-hydrogen) atoms. The van der Waals surface area contributed by atoms with Crippen LogP contribution in [0, 0.1) is 0 Å². The van der Waals surface area contributed by atoms with Crippen LogP contribution in [0.5, 0.6) is 5.75 Å². The van der Waals surface area contributed by atoms with Crippen molar-refractivity contribution in [1.82, 2.24) is 9.62 Å². The summed E-state index contributed by atoms with van der Waals surface area (Å²) in [5.41, 5.74) is 0. The Bertz CT molecular complexity index is 510. The predicted octanol–water partition coefficient (Wildman–Crippen LogP) is 0.149. The summed E-state index contributed by atoms with van der Waals surface area (Å²) in [6.07, 6.45) is 0. The molecule has 0 saturated carbocycles. The van der Waals surface area contributed by atoms with Gasteiger partial charge < -0.3 is 10.0 Å². The largest absolute Gasteiger partial charge is 0.508 e. The molecule has 7 heteroatoms. The first-order valence-electron chi connectivity index (χ1n) is 5.39. The number of nitrogens with zero attached hydrogens (tertiary/aromatic N) is 1. The molecule has 0 aliphatic carbocycles. The average molecular weight is 272 g/mol. The second-order valence-corrected chi connectivity index (χ2v) is 5.49. The number of sulfonamides is 1. The van der Waals surface area contributed by atoms with E-state index < -0.39 is 10.0 Å². The maximum absolute atomic E-state index is 11.8. The third-order valence-electron chi connectivity index (χ3n) is 2.46. The molecule has 0 unspecified atom stereocenters. The smallest absolute Gasteiger partial charge is 0.241 e. The van der Waals surface area contributed by atoms with Crippen molar-refractivity contribution in [1.29, 1.82) is 0 Å². The van der Waals surface area contributed by atoms with Crippen LogP contribution in [0.1, 0.15) is 6.92 Å². The maximum atomic E-state index is 11.8. The molecule has 0 aromatic heterocycles. The van der Waals surface area contributed by atoms with Crippen molar-refractivity contribution < 1.29 is 18.3 Å². The molecule has 1 aromatic carbocycles. The number of aromatic hydroxyl groups is 1. The van der Waals surface area contributed by atoms with Crippen LogP contribution in [-0.4, -0.2) is 44.5 Å². The molecule has 0 aliphatic rings. The van der Waals surface area contributed by atoms with E-state index in [9.17, 15) is 13.2 Å². The van der Waals surface area contributed by atoms with E-state index in [0.717, 1.165) is 0 Å². The maximum Gasteiger partial charge on any atom is 0.241 e. The van der Waals surface area contributed by atoms with Gasteiger partial charge in [0, 0.05) is 13.6 Å². The van der Waals surface area contributed by atoms with Crippen LogP contribution in [0.4, 0.5) is 0 Å². The molecular weight excluding hydrogens is 256 g/mol. The van der Waals surface area contributed by atoms with Crippen molar-refractivity contribution in [3.63, 3.8) is 0 Å². The molecule has 1 amide bonds. The number of carbonyl (C=O) groups is 1. The molecule has 1 aromatic rings. The van der Waals surface area contributed by atoms with Crippen molar-refractivity contribution in [3.8, 4) is 5.75 Å². The fourth-order valence-corrected chi connectivity index (χ4v) is 2.15. The lowest BCUT2D eigenvalue weighted by atomic mass is 10.3. The Morgan fingerprint density at radius 2 is 1.89 bits per heavy atom. The molecule has 0 radical (unpaired) electrons. The molecule has 2 N–H and O–H groups in total. The van der Waals surface area contributed by atoms with Crippen molar-refractivity contribution in [3.05, 3.63) is 24.3 Å². The zero-order valence-corrected chi connectivity index (χ0v) is 11.1. The number of hydrogen-bond acceptors (Lipinski definition) is 4. The lowest BCUT2D eigenvalue weighted by Gasteiger charge is -2.14. The number of rotatable bonds is 5. The number of carbonyl (C=O) groups excluding carboxylic acids is 1. The van der Waals surface area contributed by atoms with Crippen LogP contribution in [0.25, 0.3) is 0 Å². The first-order valence-corrected chi connectivity index (χ1v) is 6.88. The van der Waals surface area contributed by atoms with E-state index in [1.54, 1.807) is 14.0 Å². The van der Waals surface area contributed by atoms with E-state index in [-0.39, 0.29) is 23.1 Å². The zero-order chi connectivity index (χ0) is 13.8. The summed E-state index contributed by atoms with van der Waals surface area (Å²) in [6.45, 7) is 2.03. The molecule has 0 aliphatic heterocycles. The highest BCUT2D eigenvalue weighted by Crippen LogP contribution is 2.13. The highest BCUT2D eigenvalue weighted by molar-refractivity contribution is 7.89. The minimum Gasteiger partial charge on any atom is -0.508 e. The summed E-state index contributed by atoms with van der Waals surface area (Å²) in [5.74, 6) is -0.324. The van der Waals surface area contributed by atoms with Crippen LogP contribution < -0.4 is 4.72 Å². The lowest BCUT2D eigenvalue weighted by Crippen LogP contribution is -2.37. The van der Waals surface area contributed by atoms with Gasteiger partial charge in [-0.2, -0.15) is 0 Å². The van der Waals surface area contributed by atoms with Gasteiger partial charge >= 0.3 is 0 Å². The minimum atomic E-state index is -3.72. The van der Waals surface area contributed by atoms with Crippen LogP contribution in [0.3, 0.4) is 0 Å². The normalized spacial score (nSPS) is 11.2. The second kappa shape index (κ2) is 5.83. The first-order chi connectivity index (χ1) is 8.36. The standard InChI is InChI=1S/C11H16N2O4S/c1-3-13(2)11(15)8-12-18(16,17)10-6-4-9(14)5-7-10/h4-7,12,14H,3,8H2,1-2H3. The van der Waals surface area contributed by atoms with Crippen molar-refractivity contribution in [2.45, 2.75) is 11.8 Å². The van der Waals surface area contributed by atoms with Crippen molar-refractivity contribution in [2.75, 3.05) is 20.1 Å². The Morgan fingerprint density at radius 3 is 2.39 bits per heavy atom. The topological polar surface area (TPSA) is 86.7 Å². The van der Waals surface area contributed by atoms with Gasteiger partial charge in [0.15, 0.2) is 0 Å². The molecular formula is C11H16N2O4S. The van der Waals surface area contributed by atoms with Crippen molar-refractivity contribution >= 4 is 15.9 Å². The molecule has 0 saturated heterocycles. The van der Waals surface area contributed by atoms with Gasteiger partial charge in [-0.3, -0.25) is 4.79 Å². The van der Waals surface area contributed by atoms with Gasteiger partial charge in [-0.1, -0.05) is 0 Å². The fraction of sp³-hybridized carbons (Fsp3) is 0.364. The number of phenolic OH excluding ortho intramolecular Hbond substituents is 1. The van der Waals surface area contributed by atoms with E-state index in [2.05, 4.69) is 4.72 Å². The molecule has 0 fully saturated rings. The SMILES string of the molecule is CCN(C)C(=O)CNS(=O)(=O)c1ccc(O)cc1. The molecule has 100 valence electrons. The Hall–Kier alpha value is -1.60. The van der Waals surface area contributed by atoms with Gasteiger partial charge in [-0.05, 0) is 31.2 Å². The Balaban J connectivity index is 2.71. The van der Waals surface area contributed by atoms with E-state index in [0.29, 0.717) is 6.54 Å². The van der Waals surface area contributed by atoms with Crippen LogP contribution >= 0.6 is 0 Å². The van der Waals surface area contributed by atoms with Crippen LogP contribution in [0.15, 0.2) is 29.2 Å². The predicted molar refractivity (Wildman–Crippen MR) is 66.6 cm³/mol. The first kappa shape index (κ1) is 14.5. The molecule has 0 heterocycles. The highest BCUT2D eigenvalue weighted by Gasteiger charge is 2.16. The number of phenols is 1. The second-order valence-electron chi connectivity index (χ2n) is 3.73. The molecule has 1 rings (SSSR count). The molecule has 0 bridgehead atoms. The Labute approximate surface area is 106 Å². The third kappa shape index (κ3) is 3.71. The van der Waals surface area contributed by atoms with E-state index in [4.69, 9.17) is 5.11 Å². The molecule has 6 nitrogen and oxygen atoms in total. The van der Waals surface area contributed by atoms with Gasteiger partial charge in [0.1, 0.15) is 5.75 Å². The van der Waals surface area contributed by atoms with Gasteiger partial charge in [0.05, 0.1) is 11.4 Å². The fourth-order valence-electron chi connectivity index (χ4n) is 1.18.